The molecule has 4 nitrogen and oxygen atoms in total. The van der Waals surface area contributed by atoms with E-state index >= 15 is 0 Å². The van der Waals surface area contributed by atoms with Gasteiger partial charge in [-0.2, -0.15) is 0 Å². The molecule has 1 aliphatic heterocycles. The second-order valence-electron chi connectivity index (χ2n) is 4.87. The molecule has 4 heteroatoms. The van der Waals surface area contributed by atoms with Crippen LogP contribution in [0.2, 0.25) is 0 Å². The van der Waals surface area contributed by atoms with Crippen LogP contribution in [0.4, 0.5) is 0 Å². The fraction of sp³-hybridized carbons (Fsp3) is 0.600. The summed E-state index contributed by atoms with van der Waals surface area (Å²) in [5, 5.41) is 3.56. The Kier molecular flexibility index (Phi) is 5.63. The Bertz CT molecular complexity index is 378. The highest BCUT2D eigenvalue weighted by Gasteiger charge is 2.12. The zero-order valence-corrected chi connectivity index (χ0v) is 11.9. The highest BCUT2D eigenvalue weighted by molar-refractivity contribution is 5.35. The first kappa shape index (κ1) is 14.3. The predicted molar refractivity (Wildman–Crippen MR) is 76.7 cm³/mol. The van der Waals surface area contributed by atoms with E-state index in [1.165, 1.54) is 5.56 Å². The molecule has 0 aliphatic carbocycles. The molecule has 1 aromatic carbocycles. The van der Waals surface area contributed by atoms with E-state index in [0.717, 1.165) is 45.1 Å². The van der Waals surface area contributed by atoms with Gasteiger partial charge in [0.05, 0.1) is 20.3 Å². The molecule has 0 amide bonds. The molecule has 0 radical (unpaired) electrons. The Balaban J connectivity index is 1.78. The quantitative estimate of drug-likeness (QED) is 0.847. The molecule has 1 aromatic rings. The zero-order chi connectivity index (χ0) is 13.5. The molecule has 2 rings (SSSR count). The number of rotatable bonds is 6. The van der Waals surface area contributed by atoms with Crippen molar-refractivity contribution in [3.8, 4) is 5.75 Å². The average molecular weight is 264 g/mol. The van der Waals surface area contributed by atoms with E-state index in [4.69, 9.17) is 9.47 Å². The van der Waals surface area contributed by atoms with Crippen molar-refractivity contribution in [1.82, 2.24) is 10.2 Å². The molecule has 1 atom stereocenters. The summed E-state index contributed by atoms with van der Waals surface area (Å²) >= 11 is 0. The minimum atomic E-state index is 0.303. The number of morpholine rings is 1. The third-order valence-corrected chi connectivity index (χ3v) is 3.59. The standard InChI is InChI=1S/C15H24N2O2/c1-13(14-5-3-4-6-15(14)18-2)16-7-8-17-9-11-19-12-10-17/h3-6,13,16H,7-12H2,1-2H3. The number of benzene rings is 1. The largest absolute Gasteiger partial charge is 0.496 e. The molecule has 1 unspecified atom stereocenters. The fourth-order valence-corrected chi connectivity index (χ4v) is 2.40. The van der Waals surface area contributed by atoms with Crippen molar-refractivity contribution >= 4 is 0 Å². The Morgan fingerprint density at radius 3 is 2.79 bits per heavy atom. The Hall–Kier alpha value is -1.10. The maximum absolute atomic E-state index is 5.40. The van der Waals surface area contributed by atoms with Crippen LogP contribution in [0.5, 0.6) is 5.75 Å². The monoisotopic (exact) mass is 264 g/mol. The molecule has 1 fully saturated rings. The zero-order valence-electron chi connectivity index (χ0n) is 11.9. The van der Waals surface area contributed by atoms with Gasteiger partial charge in [-0.05, 0) is 13.0 Å². The SMILES string of the molecule is COc1ccccc1C(C)NCCN1CCOCC1. The molecule has 0 bridgehead atoms. The van der Waals surface area contributed by atoms with Crippen LogP contribution in [0.1, 0.15) is 18.5 Å². The van der Waals surface area contributed by atoms with Crippen LogP contribution in [0.25, 0.3) is 0 Å². The predicted octanol–water partition coefficient (Wildman–Crippen LogP) is 1.68. The lowest BCUT2D eigenvalue weighted by atomic mass is 10.1. The molecule has 19 heavy (non-hydrogen) atoms. The fourth-order valence-electron chi connectivity index (χ4n) is 2.40. The van der Waals surface area contributed by atoms with Gasteiger partial charge in [0, 0.05) is 37.8 Å². The first-order chi connectivity index (χ1) is 9.31. The molecule has 1 saturated heterocycles. The Labute approximate surface area is 115 Å². The number of methoxy groups -OCH3 is 1. The van der Waals surface area contributed by atoms with Crippen molar-refractivity contribution < 1.29 is 9.47 Å². The third kappa shape index (κ3) is 4.20. The van der Waals surface area contributed by atoms with Gasteiger partial charge in [0.1, 0.15) is 5.75 Å². The third-order valence-electron chi connectivity index (χ3n) is 3.59. The molecule has 1 N–H and O–H groups in total. The first-order valence-electron chi connectivity index (χ1n) is 6.97. The van der Waals surface area contributed by atoms with Crippen molar-refractivity contribution in [2.75, 3.05) is 46.5 Å². The van der Waals surface area contributed by atoms with Crippen molar-refractivity contribution in [3.05, 3.63) is 29.8 Å². The summed E-state index contributed by atoms with van der Waals surface area (Å²) in [7, 11) is 1.72. The lowest BCUT2D eigenvalue weighted by Crippen LogP contribution is -2.40. The topological polar surface area (TPSA) is 33.7 Å². The molecular weight excluding hydrogens is 240 g/mol. The number of para-hydroxylation sites is 1. The normalized spacial score (nSPS) is 18.2. The summed E-state index contributed by atoms with van der Waals surface area (Å²) in [6, 6.07) is 8.49. The van der Waals surface area contributed by atoms with Crippen LogP contribution in [0.15, 0.2) is 24.3 Å². The van der Waals surface area contributed by atoms with Crippen LogP contribution < -0.4 is 10.1 Å². The minimum absolute atomic E-state index is 0.303. The second kappa shape index (κ2) is 7.48. The van der Waals surface area contributed by atoms with Crippen LogP contribution in [0.3, 0.4) is 0 Å². The van der Waals surface area contributed by atoms with E-state index in [2.05, 4.69) is 29.3 Å². The summed E-state index contributed by atoms with van der Waals surface area (Å²) in [5.74, 6) is 0.953. The van der Waals surface area contributed by atoms with E-state index in [-0.39, 0.29) is 0 Å². The number of hydrogen-bond acceptors (Lipinski definition) is 4. The van der Waals surface area contributed by atoms with Crippen LogP contribution in [0, 0.1) is 0 Å². The molecule has 0 spiro atoms. The average Bonchev–Trinajstić information content (AvgIpc) is 2.48. The molecule has 106 valence electrons. The van der Waals surface area contributed by atoms with E-state index in [1.807, 2.05) is 12.1 Å². The van der Waals surface area contributed by atoms with E-state index in [1.54, 1.807) is 7.11 Å². The van der Waals surface area contributed by atoms with E-state index < -0.39 is 0 Å². The van der Waals surface area contributed by atoms with Crippen molar-refractivity contribution in [3.63, 3.8) is 0 Å². The summed E-state index contributed by atoms with van der Waals surface area (Å²) in [4.78, 5) is 2.44. The highest BCUT2D eigenvalue weighted by atomic mass is 16.5. The van der Waals surface area contributed by atoms with Crippen LogP contribution >= 0.6 is 0 Å². The van der Waals surface area contributed by atoms with Gasteiger partial charge in [-0.15, -0.1) is 0 Å². The molecule has 1 heterocycles. The first-order valence-corrected chi connectivity index (χ1v) is 6.97. The van der Waals surface area contributed by atoms with Gasteiger partial charge in [-0.3, -0.25) is 4.90 Å². The van der Waals surface area contributed by atoms with Crippen LogP contribution in [-0.4, -0.2) is 51.4 Å². The van der Waals surface area contributed by atoms with Crippen LogP contribution in [-0.2, 0) is 4.74 Å². The molecule has 1 aliphatic rings. The summed E-state index contributed by atoms with van der Waals surface area (Å²) in [6.07, 6.45) is 0. The van der Waals surface area contributed by atoms with Gasteiger partial charge in [-0.25, -0.2) is 0 Å². The maximum atomic E-state index is 5.40. The highest BCUT2D eigenvalue weighted by Crippen LogP contribution is 2.23. The number of hydrogen-bond donors (Lipinski definition) is 1. The molecule has 0 saturated carbocycles. The summed E-state index contributed by atoms with van der Waals surface area (Å²) in [5.41, 5.74) is 1.21. The lowest BCUT2D eigenvalue weighted by molar-refractivity contribution is 0.0382. The van der Waals surface area contributed by atoms with Gasteiger partial charge in [-0.1, -0.05) is 18.2 Å². The van der Waals surface area contributed by atoms with E-state index in [0.29, 0.717) is 6.04 Å². The summed E-state index contributed by atoms with van der Waals surface area (Å²) in [6.45, 7) is 8.05. The number of ether oxygens (including phenoxy) is 2. The maximum Gasteiger partial charge on any atom is 0.123 e. The van der Waals surface area contributed by atoms with Gasteiger partial charge >= 0.3 is 0 Å². The Morgan fingerprint density at radius 1 is 1.32 bits per heavy atom. The van der Waals surface area contributed by atoms with Gasteiger partial charge in [0.15, 0.2) is 0 Å². The molecular formula is C15H24N2O2. The van der Waals surface area contributed by atoms with Gasteiger partial charge < -0.3 is 14.8 Å². The lowest BCUT2D eigenvalue weighted by Gasteiger charge is -2.27. The number of nitrogens with zero attached hydrogens (tertiary/aromatic N) is 1. The molecule has 0 aromatic heterocycles. The Morgan fingerprint density at radius 2 is 2.05 bits per heavy atom. The number of nitrogens with one attached hydrogen (secondary N) is 1. The van der Waals surface area contributed by atoms with Crippen molar-refractivity contribution in [2.24, 2.45) is 0 Å². The summed E-state index contributed by atoms with van der Waals surface area (Å²) < 4.78 is 10.7. The van der Waals surface area contributed by atoms with Crippen molar-refractivity contribution in [1.29, 1.82) is 0 Å². The van der Waals surface area contributed by atoms with Gasteiger partial charge in [0.25, 0.3) is 0 Å². The van der Waals surface area contributed by atoms with Gasteiger partial charge in [0.2, 0.25) is 0 Å². The minimum Gasteiger partial charge on any atom is -0.496 e. The van der Waals surface area contributed by atoms with E-state index in [9.17, 15) is 0 Å². The van der Waals surface area contributed by atoms with Crippen molar-refractivity contribution in [2.45, 2.75) is 13.0 Å². The second-order valence-corrected chi connectivity index (χ2v) is 4.87. The smallest absolute Gasteiger partial charge is 0.123 e.